The number of hydrogen-bond donors (Lipinski definition) is 1. The number of pyridine rings is 2. The summed E-state index contributed by atoms with van der Waals surface area (Å²) in [7, 11) is 0. The Labute approximate surface area is 172 Å². The van der Waals surface area contributed by atoms with E-state index in [1.807, 2.05) is 26.8 Å². The average molecular weight is 423 g/mol. The highest BCUT2D eigenvalue weighted by molar-refractivity contribution is 5.94. The van der Waals surface area contributed by atoms with Gasteiger partial charge in [0.15, 0.2) is 6.61 Å². The maximum absolute atomic E-state index is 12.5. The van der Waals surface area contributed by atoms with Crippen LogP contribution in [0.4, 0.5) is 13.2 Å². The van der Waals surface area contributed by atoms with Gasteiger partial charge in [0.25, 0.3) is 5.91 Å². The minimum atomic E-state index is -4.46. The molecule has 0 aliphatic rings. The monoisotopic (exact) mass is 423 g/mol. The first kappa shape index (κ1) is 23.3. The van der Waals surface area contributed by atoms with E-state index in [4.69, 9.17) is 0 Å². The van der Waals surface area contributed by atoms with Crippen LogP contribution in [0.1, 0.15) is 54.1 Å². The molecule has 0 bridgehead atoms. The van der Waals surface area contributed by atoms with E-state index in [2.05, 4.69) is 20.0 Å². The summed E-state index contributed by atoms with van der Waals surface area (Å²) in [6.07, 6.45) is -3.09. The summed E-state index contributed by atoms with van der Waals surface area (Å²) in [5, 5.41) is 2.81. The Bertz CT molecular complexity index is 897. The Kier molecular flexibility index (Phi) is 7.53. The van der Waals surface area contributed by atoms with Crippen molar-refractivity contribution in [2.45, 2.75) is 46.3 Å². The van der Waals surface area contributed by atoms with Gasteiger partial charge in [-0.3, -0.25) is 14.6 Å². The van der Waals surface area contributed by atoms with Crippen LogP contribution in [-0.2, 0) is 11.2 Å². The number of Topliss-reactive ketones (excluding diaryl/α,β-unsaturated/α-hetero) is 1. The van der Waals surface area contributed by atoms with Crippen LogP contribution >= 0.6 is 0 Å². The Morgan fingerprint density at radius 3 is 2.43 bits per heavy atom. The Morgan fingerprint density at radius 2 is 1.87 bits per heavy atom. The molecule has 1 unspecified atom stereocenters. The second-order valence-corrected chi connectivity index (χ2v) is 7.32. The van der Waals surface area contributed by atoms with E-state index in [1.165, 1.54) is 12.1 Å². The Hall–Kier alpha value is -2.97. The van der Waals surface area contributed by atoms with E-state index in [9.17, 15) is 22.8 Å². The predicted octanol–water partition coefficient (Wildman–Crippen LogP) is 3.98. The number of halogens is 3. The number of alkyl halides is 3. The van der Waals surface area contributed by atoms with Gasteiger partial charge in [-0.2, -0.15) is 13.2 Å². The molecule has 0 radical (unpaired) electrons. The van der Waals surface area contributed by atoms with Gasteiger partial charge in [-0.15, -0.1) is 0 Å². The van der Waals surface area contributed by atoms with Crippen LogP contribution in [0.5, 0.6) is 5.88 Å². The molecule has 0 spiro atoms. The number of aryl methyl sites for hydroxylation is 1. The first-order chi connectivity index (χ1) is 13.9. The van der Waals surface area contributed by atoms with Crippen LogP contribution in [0.2, 0.25) is 0 Å². The number of rotatable bonds is 8. The van der Waals surface area contributed by atoms with Crippen LogP contribution in [-0.4, -0.2) is 34.4 Å². The molecule has 2 rings (SSSR count). The van der Waals surface area contributed by atoms with Gasteiger partial charge in [0.05, 0.1) is 11.6 Å². The van der Waals surface area contributed by atoms with Crippen LogP contribution in [0, 0.1) is 12.8 Å². The molecule has 6 nitrogen and oxygen atoms in total. The second kappa shape index (κ2) is 9.69. The van der Waals surface area contributed by atoms with Gasteiger partial charge in [0.1, 0.15) is 5.78 Å². The van der Waals surface area contributed by atoms with Crippen LogP contribution in [0.3, 0.4) is 0 Å². The number of carbonyl (C=O) groups excluding carboxylic acids is 2. The summed E-state index contributed by atoms with van der Waals surface area (Å²) in [5.74, 6) is -0.675. The highest BCUT2D eigenvalue weighted by atomic mass is 19.4. The molecular weight excluding hydrogens is 399 g/mol. The van der Waals surface area contributed by atoms with E-state index in [0.29, 0.717) is 5.69 Å². The number of ketones is 1. The van der Waals surface area contributed by atoms with E-state index in [1.54, 1.807) is 13.0 Å². The Balaban J connectivity index is 2.04. The summed E-state index contributed by atoms with van der Waals surface area (Å²) in [6, 6.07) is 5.77. The fraction of sp³-hybridized carbons (Fsp3) is 0.429. The van der Waals surface area contributed by atoms with Gasteiger partial charge in [0.2, 0.25) is 5.88 Å². The number of nitrogens with one attached hydrogen (secondary N) is 1. The molecular formula is C21H24F3N3O3. The summed E-state index contributed by atoms with van der Waals surface area (Å²) in [4.78, 5) is 32.6. The maximum atomic E-state index is 12.5. The van der Waals surface area contributed by atoms with E-state index >= 15 is 0 Å². The summed E-state index contributed by atoms with van der Waals surface area (Å²) in [5.41, 5.74) is 2.34. The van der Waals surface area contributed by atoms with Crippen LogP contribution < -0.4 is 10.1 Å². The van der Waals surface area contributed by atoms with Gasteiger partial charge < -0.3 is 10.1 Å². The highest BCUT2D eigenvalue weighted by Gasteiger charge is 2.28. The molecule has 0 fully saturated rings. The third-order valence-corrected chi connectivity index (χ3v) is 4.26. The van der Waals surface area contributed by atoms with Crippen molar-refractivity contribution in [2.24, 2.45) is 5.92 Å². The van der Waals surface area contributed by atoms with Gasteiger partial charge in [-0.1, -0.05) is 13.8 Å². The van der Waals surface area contributed by atoms with E-state index < -0.39 is 18.7 Å². The van der Waals surface area contributed by atoms with Crippen molar-refractivity contribution in [1.29, 1.82) is 0 Å². The molecule has 2 aromatic rings. The average Bonchev–Trinajstić information content (AvgIpc) is 2.65. The van der Waals surface area contributed by atoms with Crippen molar-refractivity contribution in [2.75, 3.05) is 6.61 Å². The molecule has 162 valence electrons. The maximum Gasteiger partial charge on any atom is 0.422 e. The number of hydrogen-bond acceptors (Lipinski definition) is 5. The minimum absolute atomic E-state index is 0.0784. The molecule has 1 N–H and O–H groups in total. The van der Waals surface area contributed by atoms with Crippen molar-refractivity contribution >= 4 is 11.7 Å². The van der Waals surface area contributed by atoms with Gasteiger partial charge >= 0.3 is 6.18 Å². The molecule has 2 heterocycles. The molecule has 1 amide bonds. The molecule has 9 heteroatoms. The summed E-state index contributed by atoms with van der Waals surface area (Å²) in [6.45, 7) is 5.80. The van der Waals surface area contributed by atoms with Crippen molar-refractivity contribution in [1.82, 2.24) is 15.3 Å². The lowest BCUT2D eigenvalue weighted by Gasteiger charge is -2.16. The lowest BCUT2D eigenvalue weighted by Crippen LogP contribution is -2.27. The number of aromatic nitrogens is 2. The summed E-state index contributed by atoms with van der Waals surface area (Å²) < 4.78 is 41.1. The first-order valence-corrected chi connectivity index (χ1v) is 9.41. The standard InChI is InChI=1S/C21H24F3N3O3/c1-12(2)18(28)9-17-8-16(7-13(3)26-17)14(4)27-20(29)15-5-6-19(25-10-15)30-11-21(22,23)24/h5-8,10,12,14H,9,11H2,1-4H3,(H,27,29). The number of amides is 1. The predicted molar refractivity (Wildman–Crippen MR) is 104 cm³/mol. The number of ether oxygens (including phenoxy) is 1. The number of nitrogens with zero attached hydrogens (tertiary/aromatic N) is 2. The van der Waals surface area contributed by atoms with Gasteiger partial charge in [0, 0.05) is 36.0 Å². The second-order valence-electron chi connectivity index (χ2n) is 7.32. The number of carbonyl (C=O) groups is 2. The van der Waals surface area contributed by atoms with E-state index in [0.717, 1.165) is 17.5 Å². The Morgan fingerprint density at radius 1 is 1.17 bits per heavy atom. The largest absolute Gasteiger partial charge is 0.468 e. The normalized spacial score (nSPS) is 12.5. The fourth-order valence-corrected chi connectivity index (χ4v) is 2.61. The zero-order valence-electron chi connectivity index (χ0n) is 17.2. The molecule has 0 aliphatic heterocycles. The zero-order chi connectivity index (χ0) is 22.5. The van der Waals surface area contributed by atoms with E-state index in [-0.39, 0.29) is 35.6 Å². The van der Waals surface area contributed by atoms with Gasteiger partial charge in [-0.05, 0) is 37.6 Å². The molecule has 1 atom stereocenters. The lowest BCUT2D eigenvalue weighted by molar-refractivity contribution is -0.154. The van der Waals surface area contributed by atoms with Crippen molar-refractivity contribution < 1.29 is 27.5 Å². The molecule has 0 aromatic carbocycles. The van der Waals surface area contributed by atoms with Crippen molar-refractivity contribution in [3.8, 4) is 5.88 Å². The van der Waals surface area contributed by atoms with Crippen molar-refractivity contribution in [3.05, 3.63) is 53.0 Å². The molecule has 0 saturated carbocycles. The molecule has 2 aromatic heterocycles. The third-order valence-electron chi connectivity index (χ3n) is 4.26. The minimum Gasteiger partial charge on any atom is -0.468 e. The SMILES string of the molecule is Cc1cc(C(C)NC(=O)c2ccc(OCC(F)(F)F)nc2)cc(CC(=O)C(C)C)n1. The zero-order valence-corrected chi connectivity index (χ0v) is 17.2. The van der Waals surface area contributed by atoms with Crippen LogP contribution in [0.25, 0.3) is 0 Å². The highest BCUT2D eigenvalue weighted by Crippen LogP contribution is 2.19. The van der Waals surface area contributed by atoms with Gasteiger partial charge in [-0.25, -0.2) is 4.98 Å². The molecule has 30 heavy (non-hydrogen) atoms. The summed E-state index contributed by atoms with van der Waals surface area (Å²) >= 11 is 0. The molecule has 0 aliphatic carbocycles. The smallest absolute Gasteiger partial charge is 0.422 e. The molecule has 0 saturated heterocycles. The topological polar surface area (TPSA) is 81.2 Å². The fourth-order valence-electron chi connectivity index (χ4n) is 2.61. The third kappa shape index (κ3) is 7.13. The first-order valence-electron chi connectivity index (χ1n) is 9.41. The quantitative estimate of drug-likeness (QED) is 0.695. The van der Waals surface area contributed by atoms with Crippen molar-refractivity contribution in [3.63, 3.8) is 0 Å². The van der Waals surface area contributed by atoms with Crippen LogP contribution in [0.15, 0.2) is 30.5 Å². The lowest BCUT2D eigenvalue weighted by atomic mass is 10.0.